The first kappa shape index (κ1) is 20.9. The minimum absolute atomic E-state index is 0.00740. The number of aromatic nitrogens is 1. The van der Waals surface area contributed by atoms with E-state index < -0.39 is 0 Å². The summed E-state index contributed by atoms with van der Waals surface area (Å²) < 4.78 is 12.3. The highest BCUT2D eigenvalue weighted by Crippen LogP contribution is 2.28. The lowest BCUT2D eigenvalue weighted by molar-refractivity contribution is 0.0887. The molecule has 0 bridgehead atoms. The quantitative estimate of drug-likeness (QED) is 0.534. The van der Waals surface area contributed by atoms with Gasteiger partial charge in [0.2, 0.25) is 0 Å². The number of piperidine rings is 1. The number of benzene rings is 1. The first-order valence-electron chi connectivity index (χ1n) is 10.3. The van der Waals surface area contributed by atoms with Gasteiger partial charge >= 0.3 is 0 Å². The maximum absolute atomic E-state index is 12.7. The molecule has 3 aromatic rings. The molecule has 1 aromatic carbocycles. The molecule has 1 saturated heterocycles. The standard InChI is InChI=1S/C23H26BrN3O3/c1-15-9-11-27(12-10-15)20(21-8-3-16(2)29-21)14-25-23(28)19-13-22(30-26-19)17-4-6-18(24)7-5-17/h3-8,13,15,20H,9-12,14H2,1-2H3,(H,25,28)/t20-/m1/s1. The highest BCUT2D eigenvalue weighted by Gasteiger charge is 2.27. The fourth-order valence-electron chi connectivity index (χ4n) is 3.79. The van der Waals surface area contributed by atoms with Gasteiger partial charge in [-0.3, -0.25) is 9.69 Å². The average Bonchev–Trinajstić information content (AvgIpc) is 3.39. The predicted molar refractivity (Wildman–Crippen MR) is 118 cm³/mol. The summed E-state index contributed by atoms with van der Waals surface area (Å²) in [6, 6.07) is 13.3. The molecule has 158 valence electrons. The summed E-state index contributed by atoms with van der Waals surface area (Å²) in [4.78, 5) is 15.1. The minimum Gasteiger partial charge on any atom is -0.465 e. The highest BCUT2D eigenvalue weighted by molar-refractivity contribution is 9.10. The van der Waals surface area contributed by atoms with Gasteiger partial charge in [0.1, 0.15) is 11.5 Å². The third-order valence-electron chi connectivity index (χ3n) is 5.68. The molecule has 3 heterocycles. The van der Waals surface area contributed by atoms with E-state index >= 15 is 0 Å². The summed E-state index contributed by atoms with van der Waals surface area (Å²) in [6.07, 6.45) is 2.31. The second-order valence-corrected chi connectivity index (χ2v) is 8.89. The Morgan fingerprint density at radius 2 is 1.97 bits per heavy atom. The Morgan fingerprint density at radius 3 is 2.63 bits per heavy atom. The topological polar surface area (TPSA) is 71.5 Å². The van der Waals surface area contributed by atoms with Gasteiger partial charge in [-0.2, -0.15) is 0 Å². The van der Waals surface area contributed by atoms with Gasteiger partial charge in [-0.25, -0.2) is 0 Å². The second-order valence-electron chi connectivity index (χ2n) is 7.98. The van der Waals surface area contributed by atoms with Crippen LogP contribution < -0.4 is 5.32 Å². The molecule has 1 aliphatic heterocycles. The molecule has 0 spiro atoms. The van der Waals surface area contributed by atoms with Crippen molar-refractivity contribution in [3.05, 3.63) is 64.2 Å². The smallest absolute Gasteiger partial charge is 0.273 e. The summed E-state index contributed by atoms with van der Waals surface area (Å²) in [5.74, 6) is 2.82. The summed E-state index contributed by atoms with van der Waals surface area (Å²) in [5, 5.41) is 6.97. The molecule has 0 saturated carbocycles. The lowest BCUT2D eigenvalue weighted by atomic mass is 9.97. The minimum atomic E-state index is -0.249. The van der Waals surface area contributed by atoms with Gasteiger partial charge in [0.05, 0.1) is 6.04 Å². The van der Waals surface area contributed by atoms with E-state index in [1.807, 2.05) is 43.3 Å². The van der Waals surface area contributed by atoms with Crippen LogP contribution >= 0.6 is 15.9 Å². The third-order valence-corrected chi connectivity index (χ3v) is 6.20. The van der Waals surface area contributed by atoms with Crippen LogP contribution in [0.15, 0.2) is 55.9 Å². The van der Waals surface area contributed by atoms with E-state index in [-0.39, 0.29) is 17.6 Å². The van der Waals surface area contributed by atoms with E-state index in [9.17, 15) is 4.79 Å². The second kappa shape index (κ2) is 9.18. The Balaban J connectivity index is 1.44. The third kappa shape index (κ3) is 4.84. The van der Waals surface area contributed by atoms with E-state index in [1.165, 1.54) is 0 Å². The Labute approximate surface area is 184 Å². The molecule has 1 atom stereocenters. The first-order valence-corrected chi connectivity index (χ1v) is 11.1. The van der Waals surface area contributed by atoms with E-state index in [0.717, 1.165) is 53.4 Å². The number of likely N-dealkylation sites (tertiary alicyclic amines) is 1. The SMILES string of the molecule is Cc1ccc([C@@H](CNC(=O)c2cc(-c3ccc(Br)cc3)on2)N2CCC(C)CC2)o1. The van der Waals surface area contributed by atoms with Crippen molar-refractivity contribution in [1.29, 1.82) is 0 Å². The lowest BCUT2D eigenvalue weighted by Gasteiger charge is -2.35. The number of amides is 1. The van der Waals surface area contributed by atoms with E-state index in [0.29, 0.717) is 12.3 Å². The molecule has 1 fully saturated rings. The zero-order valence-corrected chi connectivity index (χ0v) is 18.8. The lowest BCUT2D eigenvalue weighted by Crippen LogP contribution is -2.41. The molecule has 1 amide bonds. The van der Waals surface area contributed by atoms with Gasteiger partial charge in [0.15, 0.2) is 11.5 Å². The molecule has 6 nitrogen and oxygen atoms in total. The number of carbonyl (C=O) groups is 1. The predicted octanol–water partition coefficient (Wildman–Crippen LogP) is 5.21. The molecule has 0 aliphatic carbocycles. The number of nitrogens with zero attached hydrogens (tertiary/aromatic N) is 2. The average molecular weight is 472 g/mol. The van der Waals surface area contributed by atoms with Crippen LogP contribution in [0, 0.1) is 12.8 Å². The number of nitrogens with one attached hydrogen (secondary N) is 1. The van der Waals surface area contributed by atoms with Gasteiger partial charge in [0.25, 0.3) is 5.91 Å². The Bertz CT molecular complexity index is 987. The van der Waals surface area contributed by atoms with Crippen molar-refractivity contribution in [3.63, 3.8) is 0 Å². The van der Waals surface area contributed by atoms with Crippen LogP contribution in [0.1, 0.15) is 47.8 Å². The summed E-state index contributed by atoms with van der Waals surface area (Å²) in [6.45, 7) is 6.69. The van der Waals surface area contributed by atoms with Crippen molar-refractivity contribution in [2.24, 2.45) is 5.92 Å². The molecule has 1 aliphatic rings. The summed E-state index contributed by atoms with van der Waals surface area (Å²) in [7, 11) is 0. The largest absolute Gasteiger partial charge is 0.465 e. The molecule has 30 heavy (non-hydrogen) atoms. The van der Waals surface area contributed by atoms with Crippen molar-refractivity contribution < 1.29 is 13.7 Å². The number of furan rings is 1. The first-order chi connectivity index (χ1) is 14.5. The van der Waals surface area contributed by atoms with Crippen molar-refractivity contribution >= 4 is 21.8 Å². The molecular weight excluding hydrogens is 446 g/mol. The Morgan fingerprint density at radius 1 is 1.23 bits per heavy atom. The zero-order chi connectivity index (χ0) is 21.1. The molecular formula is C23H26BrN3O3. The van der Waals surface area contributed by atoms with E-state index in [1.54, 1.807) is 6.07 Å². The van der Waals surface area contributed by atoms with Crippen molar-refractivity contribution in [3.8, 4) is 11.3 Å². The van der Waals surface area contributed by atoms with Crippen LogP contribution in [0.4, 0.5) is 0 Å². The molecule has 7 heteroatoms. The van der Waals surface area contributed by atoms with Gasteiger partial charge in [0, 0.05) is 22.6 Å². The molecule has 2 aromatic heterocycles. The van der Waals surface area contributed by atoms with Gasteiger partial charge in [-0.05, 0) is 63.0 Å². The van der Waals surface area contributed by atoms with Crippen LogP contribution in [-0.2, 0) is 0 Å². The summed E-state index contributed by atoms with van der Waals surface area (Å²) in [5.41, 5.74) is 1.14. The van der Waals surface area contributed by atoms with Crippen molar-refractivity contribution in [2.45, 2.75) is 32.7 Å². The normalized spacial score (nSPS) is 16.5. The van der Waals surface area contributed by atoms with Crippen LogP contribution in [0.2, 0.25) is 0 Å². The maximum Gasteiger partial charge on any atom is 0.273 e. The number of aryl methyl sites for hydroxylation is 1. The van der Waals surface area contributed by atoms with Crippen LogP contribution in [0.3, 0.4) is 0 Å². The molecule has 4 rings (SSSR count). The van der Waals surface area contributed by atoms with E-state index in [4.69, 9.17) is 8.94 Å². The number of halogens is 1. The van der Waals surface area contributed by atoms with Crippen LogP contribution in [-0.4, -0.2) is 35.6 Å². The van der Waals surface area contributed by atoms with Crippen molar-refractivity contribution in [1.82, 2.24) is 15.4 Å². The van der Waals surface area contributed by atoms with Gasteiger partial charge < -0.3 is 14.3 Å². The maximum atomic E-state index is 12.7. The fraction of sp³-hybridized carbons (Fsp3) is 0.391. The molecule has 1 N–H and O–H groups in total. The Kier molecular flexibility index (Phi) is 6.39. The fourth-order valence-corrected chi connectivity index (χ4v) is 4.06. The zero-order valence-electron chi connectivity index (χ0n) is 17.2. The molecule has 0 radical (unpaired) electrons. The monoisotopic (exact) mass is 471 g/mol. The number of hydrogen-bond acceptors (Lipinski definition) is 5. The highest BCUT2D eigenvalue weighted by atomic mass is 79.9. The number of rotatable bonds is 6. The summed E-state index contributed by atoms with van der Waals surface area (Å²) >= 11 is 3.42. The van der Waals surface area contributed by atoms with E-state index in [2.05, 4.69) is 38.2 Å². The van der Waals surface area contributed by atoms with Crippen LogP contribution in [0.25, 0.3) is 11.3 Å². The Hall–Kier alpha value is -2.38. The molecule has 0 unspecified atom stereocenters. The van der Waals surface area contributed by atoms with Crippen molar-refractivity contribution in [2.75, 3.05) is 19.6 Å². The van der Waals surface area contributed by atoms with Gasteiger partial charge in [-0.15, -0.1) is 0 Å². The number of hydrogen-bond donors (Lipinski definition) is 1. The van der Waals surface area contributed by atoms with Crippen LogP contribution in [0.5, 0.6) is 0 Å². The number of carbonyl (C=O) groups excluding carboxylic acids is 1. The van der Waals surface area contributed by atoms with Gasteiger partial charge in [-0.1, -0.05) is 40.1 Å².